The minimum Gasteiger partial charge on any atom is -0.338 e. The molecule has 1 unspecified atom stereocenters. The zero-order chi connectivity index (χ0) is 13.1. The van der Waals surface area contributed by atoms with E-state index in [-0.39, 0.29) is 5.91 Å². The second-order valence-corrected chi connectivity index (χ2v) is 5.93. The van der Waals surface area contributed by atoms with Crippen LogP contribution in [0, 0.1) is 12.8 Å². The zero-order valence-electron chi connectivity index (χ0n) is 11.1. The fourth-order valence-electron chi connectivity index (χ4n) is 2.59. The minimum atomic E-state index is 0.187. The SMILES string of the molecule is CCC1CCCN(C(=O)c2cccc(Br)c2C)C1. The van der Waals surface area contributed by atoms with Crippen molar-refractivity contribution in [2.24, 2.45) is 5.92 Å². The molecule has 0 saturated carbocycles. The van der Waals surface area contributed by atoms with Crippen LogP contribution in [0.25, 0.3) is 0 Å². The standard InChI is InChI=1S/C15H20BrNO/c1-3-12-6-5-9-17(10-12)15(18)13-7-4-8-14(16)11(13)2/h4,7-8,12H,3,5-6,9-10H2,1-2H3. The zero-order valence-corrected chi connectivity index (χ0v) is 12.7. The van der Waals surface area contributed by atoms with E-state index in [1.54, 1.807) is 0 Å². The predicted molar refractivity (Wildman–Crippen MR) is 77.8 cm³/mol. The molecule has 1 fully saturated rings. The summed E-state index contributed by atoms with van der Waals surface area (Å²) in [6.45, 7) is 6.03. The number of halogens is 1. The van der Waals surface area contributed by atoms with E-state index in [1.165, 1.54) is 12.8 Å². The second kappa shape index (κ2) is 5.87. The Labute approximate surface area is 117 Å². The number of hydrogen-bond donors (Lipinski definition) is 0. The van der Waals surface area contributed by atoms with Crippen molar-refractivity contribution in [3.8, 4) is 0 Å². The summed E-state index contributed by atoms with van der Waals surface area (Å²) in [7, 11) is 0. The molecule has 1 atom stereocenters. The van der Waals surface area contributed by atoms with Crippen LogP contribution in [-0.2, 0) is 0 Å². The van der Waals surface area contributed by atoms with Gasteiger partial charge in [0.2, 0.25) is 0 Å². The maximum absolute atomic E-state index is 12.5. The number of piperidine rings is 1. The summed E-state index contributed by atoms with van der Waals surface area (Å²) < 4.78 is 1.01. The molecule has 0 bridgehead atoms. The van der Waals surface area contributed by atoms with Crippen LogP contribution in [0.2, 0.25) is 0 Å². The van der Waals surface area contributed by atoms with Crippen LogP contribution in [0.5, 0.6) is 0 Å². The van der Waals surface area contributed by atoms with Gasteiger partial charge in [-0.1, -0.05) is 35.3 Å². The van der Waals surface area contributed by atoms with Crippen molar-refractivity contribution in [1.29, 1.82) is 0 Å². The lowest BCUT2D eigenvalue weighted by Gasteiger charge is -2.32. The summed E-state index contributed by atoms with van der Waals surface area (Å²) in [5.74, 6) is 0.863. The lowest BCUT2D eigenvalue weighted by Crippen LogP contribution is -2.40. The van der Waals surface area contributed by atoms with E-state index < -0.39 is 0 Å². The molecule has 0 aliphatic carbocycles. The van der Waals surface area contributed by atoms with Gasteiger partial charge in [-0.15, -0.1) is 0 Å². The average molecular weight is 310 g/mol. The van der Waals surface area contributed by atoms with Gasteiger partial charge in [0.05, 0.1) is 0 Å². The number of rotatable bonds is 2. The van der Waals surface area contributed by atoms with Crippen LogP contribution >= 0.6 is 15.9 Å². The highest BCUT2D eigenvalue weighted by molar-refractivity contribution is 9.10. The lowest BCUT2D eigenvalue weighted by atomic mass is 9.95. The first-order valence-electron chi connectivity index (χ1n) is 6.68. The number of nitrogens with zero attached hydrogens (tertiary/aromatic N) is 1. The molecule has 0 N–H and O–H groups in total. The van der Waals surface area contributed by atoms with Gasteiger partial charge in [0, 0.05) is 23.1 Å². The third-order valence-electron chi connectivity index (χ3n) is 3.88. The Morgan fingerprint density at radius 3 is 3.00 bits per heavy atom. The maximum Gasteiger partial charge on any atom is 0.254 e. The molecule has 0 spiro atoms. The van der Waals surface area contributed by atoms with Crippen molar-refractivity contribution in [3.05, 3.63) is 33.8 Å². The van der Waals surface area contributed by atoms with Crippen LogP contribution < -0.4 is 0 Å². The Bertz CT molecular complexity index is 444. The smallest absolute Gasteiger partial charge is 0.254 e. The molecule has 98 valence electrons. The summed E-state index contributed by atoms with van der Waals surface area (Å²) in [4.78, 5) is 14.6. The Morgan fingerprint density at radius 1 is 1.50 bits per heavy atom. The number of benzene rings is 1. The number of amides is 1. The van der Waals surface area contributed by atoms with E-state index in [2.05, 4.69) is 22.9 Å². The molecule has 2 nitrogen and oxygen atoms in total. The second-order valence-electron chi connectivity index (χ2n) is 5.08. The summed E-state index contributed by atoms with van der Waals surface area (Å²) in [6.07, 6.45) is 3.57. The van der Waals surface area contributed by atoms with Crippen LogP contribution in [0.1, 0.15) is 42.1 Å². The van der Waals surface area contributed by atoms with Crippen molar-refractivity contribution >= 4 is 21.8 Å². The molecule has 1 aliphatic rings. The number of carbonyl (C=O) groups excluding carboxylic acids is 1. The first kappa shape index (κ1) is 13.6. The van der Waals surface area contributed by atoms with Gasteiger partial charge < -0.3 is 4.90 Å². The number of likely N-dealkylation sites (tertiary alicyclic amines) is 1. The van der Waals surface area contributed by atoms with Gasteiger partial charge in [-0.3, -0.25) is 4.79 Å². The highest BCUT2D eigenvalue weighted by atomic mass is 79.9. The van der Waals surface area contributed by atoms with Crippen LogP contribution in [-0.4, -0.2) is 23.9 Å². The minimum absolute atomic E-state index is 0.187. The van der Waals surface area contributed by atoms with Gasteiger partial charge in [0.15, 0.2) is 0 Å². The molecular weight excluding hydrogens is 290 g/mol. The van der Waals surface area contributed by atoms with E-state index in [1.807, 2.05) is 30.0 Å². The summed E-state index contributed by atoms with van der Waals surface area (Å²) in [5.41, 5.74) is 1.88. The predicted octanol–water partition coefficient (Wildman–Crippen LogP) is 4.02. The topological polar surface area (TPSA) is 20.3 Å². The van der Waals surface area contributed by atoms with Crippen LogP contribution in [0.3, 0.4) is 0 Å². The van der Waals surface area contributed by atoms with E-state index in [9.17, 15) is 4.79 Å². The first-order chi connectivity index (χ1) is 8.63. The average Bonchev–Trinajstić information content (AvgIpc) is 2.41. The van der Waals surface area contributed by atoms with Crippen molar-refractivity contribution in [2.75, 3.05) is 13.1 Å². The van der Waals surface area contributed by atoms with Crippen molar-refractivity contribution in [1.82, 2.24) is 4.90 Å². The lowest BCUT2D eigenvalue weighted by molar-refractivity contribution is 0.0670. The molecule has 1 aliphatic heterocycles. The van der Waals surface area contributed by atoms with E-state index in [0.29, 0.717) is 5.92 Å². The quantitative estimate of drug-likeness (QED) is 0.808. The number of hydrogen-bond acceptors (Lipinski definition) is 1. The van der Waals surface area contributed by atoms with E-state index in [0.717, 1.165) is 35.1 Å². The highest BCUT2D eigenvalue weighted by Crippen LogP contribution is 2.24. The Kier molecular flexibility index (Phi) is 4.44. The molecule has 18 heavy (non-hydrogen) atoms. The molecule has 1 heterocycles. The fourth-order valence-corrected chi connectivity index (χ4v) is 2.96. The molecule has 0 aromatic heterocycles. The summed E-state index contributed by atoms with van der Waals surface area (Å²) in [5, 5.41) is 0. The summed E-state index contributed by atoms with van der Waals surface area (Å²) >= 11 is 3.49. The Balaban J connectivity index is 2.18. The summed E-state index contributed by atoms with van der Waals surface area (Å²) in [6, 6.07) is 5.85. The van der Waals surface area contributed by atoms with Gasteiger partial charge >= 0.3 is 0 Å². The van der Waals surface area contributed by atoms with Gasteiger partial charge in [-0.25, -0.2) is 0 Å². The molecular formula is C15H20BrNO. The normalized spacial score (nSPS) is 19.9. The van der Waals surface area contributed by atoms with Gasteiger partial charge in [0.25, 0.3) is 5.91 Å². The number of carbonyl (C=O) groups is 1. The van der Waals surface area contributed by atoms with Gasteiger partial charge in [-0.05, 0) is 43.4 Å². The molecule has 0 radical (unpaired) electrons. The molecule has 1 saturated heterocycles. The largest absolute Gasteiger partial charge is 0.338 e. The molecule has 2 rings (SSSR count). The Hall–Kier alpha value is -0.830. The molecule has 1 aromatic carbocycles. The van der Waals surface area contributed by atoms with Crippen LogP contribution in [0.4, 0.5) is 0 Å². The Morgan fingerprint density at radius 2 is 2.28 bits per heavy atom. The third kappa shape index (κ3) is 2.77. The van der Waals surface area contributed by atoms with Gasteiger partial charge in [-0.2, -0.15) is 0 Å². The van der Waals surface area contributed by atoms with Crippen molar-refractivity contribution in [2.45, 2.75) is 33.1 Å². The molecule has 1 amide bonds. The molecule has 1 aromatic rings. The monoisotopic (exact) mass is 309 g/mol. The fraction of sp³-hybridized carbons (Fsp3) is 0.533. The first-order valence-corrected chi connectivity index (χ1v) is 7.47. The van der Waals surface area contributed by atoms with Crippen LogP contribution in [0.15, 0.2) is 22.7 Å². The van der Waals surface area contributed by atoms with E-state index >= 15 is 0 Å². The van der Waals surface area contributed by atoms with E-state index in [4.69, 9.17) is 0 Å². The maximum atomic E-state index is 12.5. The third-order valence-corrected chi connectivity index (χ3v) is 4.74. The molecule has 3 heteroatoms. The van der Waals surface area contributed by atoms with Gasteiger partial charge in [0.1, 0.15) is 0 Å². The van der Waals surface area contributed by atoms with Crippen molar-refractivity contribution < 1.29 is 4.79 Å². The highest BCUT2D eigenvalue weighted by Gasteiger charge is 2.24. The van der Waals surface area contributed by atoms with Crippen molar-refractivity contribution in [3.63, 3.8) is 0 Å².